The molecule has 0 aliphatic carbocycles. The summed E-state index contributed by atoms with van der Waals surface area (Å²) >= 11 is 0. The lowest BCUT2D eigenvalue weighted by atomic mass is 10.0. The summed E-state index contributed by atoms with van der Waals surface area (Å²) in [6, 6.07) is 10.4. The quantitative estimate of drug-likeness (QED) is 0.435. The van der Waals surface area contributed by atoms with Gasteiger partial charge in [0.05, 0.1) is 6.61 Å². The first-order valence-corrected chi connectivity index (χ1v) is 9.62. The number of pyridine rings is 1. The first-order valence-electron chi connectivity index (χ1n) is 9.62. The topological polar surface area (TPSA) is 69.2 Å². The summed E-state index contributed by atoms with van der Waals surface area (Å²) in [5, 5.41) is 3.67. The van der Waals surface area contributed by atoms with Crippen molar-refractivity contribution in [2.45, 2.75) is 0 Å². The predicted molar refractivity (Wildman–Crippen MR) is 115 cm³/mol. The van der Waals surface area contributed by atoms with E-state index in [1.54, 1.807) is 44.8 Å². The minimum absolute atomic E-state index is 0.122. The van der Waals surface area contributed by atoms with Crippen LogP contribution in [-0.4, -0.2) is 42.3 Å². The second-order valence-electron chi connectivity index (χ2n) is 6.72. The van der Waals surface area contributed by atoms with Crippen molar-refractivity contribution in [1.29, 1.82) is 0 Å². The van der Waals surface area contributed by atoms with Gasteiger partial charge in [-0.1, -0.05) is 0 Å². The third kappa shape index (κ3) is 4.29. The Bertz CT molecular complexity index is 1220. The van der Waals surface area contributed by atoms with Gasteiger partial charge in [0.15, 0.2) is 5.82 Å². The summed E-state index contributed by atoms with van der Waals surface area (Å²) in [4.78, 5) is 13.4. The van der Waals surface area contributed by atoms with Crippen LogP contribution in [0.1, 0.15) is 0 Å². The molecule has 0 saturated heterocycles. The zero-order valence-electron chi connectivity index (χ0n) is 17.0. The first kappa shape index (κ1) is 20.6. The summed E-state index contributed by atoms with van der Waals surface area (Å²) in [5.41, 5.74) is 1.85. The largest absolute Gasteiger partial charge is 0.489 e. The Labute approximate surface area is 177 Å². The zero-order chi connectivity index (χ0) is 21.8. The highest BCUT2D eigenvalue weighted by Crippen LogP contribution is 2.36. The standard InChI is InChI=1S/C23H20F2N4O2/c1-26-23-18-10-15(17-12-16(24)5-6-19(17)25)11-20(31-9-8-30-2)21(18)28-22(29-23)14-4-3-7-27-13-14/h3-7,10-13H,8-9H2,1-2H3,(H,26,28,29). The van der Waals surface area contributed by atoms with Crippen LogP contribution in [0.15, 0.2) is 54.9 Å². The summed E-state index contributed by atoms with van der Waals surface area (Å²) < 4.78 is 39.3. The third-order valence-corrected chi connectivity index (χ3v) is 4.71. The zero-order valence-corrected chi connectivity index (χ0v) is 17.0. The fraction of sp³-hybridized carbons (Fsp3) is 0.174. The summed E-state index contributed by atoms with van der Waals surface area (Å²) in [6.45, 7) is 0.626. The van der Waals surface area contributed by atoms with Crippen molar-refractivity contribution < 1.29 is 18.3 Å². The maximum Gasteiger partial charge on any atom is 0.163 e. The van der Waals surface area contributed by atoms with Gasteiger partial charge in [0, 0.05) is 43.1 Å². The van der Waals surface area contributed by atoms with Crippen molar-refractivity contribution in [3.63, 3.8) is 0 Å². The molecule has 1 N–H and O–H groups in total. The van der Waals surface area contributed by atoms with Gasteiger partial charge in [0.1, 0.15) is 35.3 Å². The molecular weight excluding hydrogens is 402 g/mol. The second-order valence-corrected chi connectivity index (χ2v) is 6.72. The van der Waals surface area contributed by atoms with Crippen molar-refractivity contribution in [3.05, 3.63) is 66.5 Å². The van der Waals surface area contributed by atoms with E-state index in [-0.39, 0.29) is 12.2 Å². The summed E-state index contributed by atoms with van der Waals surface area (Å²) in [7, 11) is 3.30. The molecule has 0 amide bonds. The van der Waals surface area contributed by atoms with Crippen LogP contribution in [-0.2, 0) is 4.74 Å². The van der Waals surface area contributed by atoms with Gasteiger partial charge < -0.3 is 14.8 Å². The van der Waals surface area contributed by atoms with Gasteiger partial charge in [0.2, 0.25) is 0 Å². The van der Waals surface area contributed by atoms with Crippen LogP contribution in [0.25, 0.3) is 33.4 Å². The van der Waals surface area contributed by atoms with E-state index in [1.807, 2.05) is 6.07 Å². The minimum Gasteiger partial charge on any atom is -0.489 e. The van der Waals surface area contributed by atoms with Gasteiger partial charge >= 0.3 is 0 Å². The fourth-order valence-electron chi connectivity index (χ4n) is 3.23. The summed E-state index contributed by atoms with van der Waals surface area (Å²) in [5.74, 6) is 0.334. The molecule has 6 nitrogen and oxygen atoms in total. The number of hydrogen-bond donors (Lipinski definition) is 1. The van der Waals surface area contributed by atoms with E-state index in [0.717, 1.165) is 23.8 Å². The van der Waals surface area contributed by atoms with E-state index in [0.29, 0.717) is 40.5 Å². The maximum absolute atomic E-state index is 14.5. The SMILES string of the molecule is CNc1nc(-c2cccnc2)nc2c(OCCOC)cc(-c3cc(F)ccc3F)cc12. The monoisotopic (exact) mass is 422 g/mol. The van der Waals surface area contributed by atoms with E-state index in [2.05, 4.69) is 20.3 Å². The normalized spacial score (nSPS) is 11.0. The molecule has 4 rings (SSSR count). The highest BCUT2D eigenvalue weighted by atomic mass is 19.1. The second kappa shape index (κ2) is 9.01. The molecule has 2 aromatic carbocycles. The number of aromatic nitrogens is 3. The Morgan fingerprint density at radius 1 is 1.00 bits per heavy atom. The van der Waals surface area contributed by atoms with Crippen LogP contribution in [0.4, 0.5) is 14.6 Å². The minimum atomic E-state index is -0.539. The van der Waals surface area contributed by atoms with E-state index in [1.165, 1.54) is 0 Å². The van der Waals surface area contributed by atoms with Crippen LogP contribution >= 0.6 is 0 Å². The number of fused-ring (bicyclic) bond motifs is 1. The third-order valence-electron chi connectivity index (χ3n) is 4.71. The molecule has 0 bridgehead atoms. The number of anilines is 1. The highest BCUT2D eigenvalue weighted by Gasteiger charge is 2.17. The number of rotatable bonds is 7. The van der Waals surface area contributed by atoms with E-state index in [9.17, 15) is 8.78 Å². The number of halogens is 2. The molecule has 0 aliphatic rings. The predicted octanol–water partition coefficient (Wildman–Crippen LogP) is 4.70. The molecule has 0 fully saturated rings. The van der Waals surface area contributed by atoms with E-state index in [4.69, 9.17) is 9.47 Å². The molecule has 0 unspecified atom stereocenters. The molecule has 0 atom stereocenters. The Morgan fingerprint density at radius 2 is 1.87 bits per heavy atom. The molecule has 2 heterocycles. The van der Waals surface area contributed by atoms with Crippen molar-refractivity contribution >= 4 is 16.7 Å². The lowest BCUT2D eigenvalue weighted by Gasteiger charge is -2.15. The average Bonchev–Trinajstić information content (AvgIpc) is 2.80. The van der Waals surface area contributed by atoms with Crippen LogP contribution in [0.2, 0.25) is 0 Å². The highest BCUT2D eigenvalue weighted by molar-refractivity contribution is 5.97. The Kier molecular flexibility index (Phi) is 5.99. The number of hydrogen-bond acceptors (Lipinski definition) is 6. The lowest BCUT2D eigenvalue weighted by Crippen LogP contribution is -2.06. The molecule has 31 heavy (non-hydrogen) atoms. The average molecular weight is 422 g/mol. The van der Waals surface area contributed by atoms with Gasteiger partial charge in [-0.25, -0.2) is 18.7 Å². The van der Waals surface area contributed by atoms with Crippen molar-refractivity contribution in [1.82, 2.24) is 15.0 Å². The van der Waals surface area contributed by atoms with Gasteiger partial charge in [-0.3, -0.25) is 4.98 Å². The van der Waals surface area contributed by atoms with Gasteiger partial charge in [-0.2, -0.15) is 0 Å². The Hall–Kier alpha value is -3.65. The molecule has 0 aliphatic heterocycles. The van der Waals surface area contributed by atoms with Crippen molar-refractivity contribution in [2.24, 2.45) is 0 Å². The van der Waals surface area contributed by atoms with Crippen molar-refractivity contribution in [3.8, 4) is 28.3 Å². The van der Waals surface area contributed by atoms with Gasteiger partial charge in [-0.15, -0.1) is 0 Å². The first-order chi connectivity index (χ1) is 15.1. The lowest BCUT2D eigenvalue weighted by molar-refractivity contribution is 0.147. The van der Waals surface area contributed by atoms with Crippen LogP contribution in [0, 0.1) is 11.6 Å². The molecule has 0 spiro atoms. The van der Waals surface area contributed by atoms with Gasteiger partial charge in [-0.05, 0) is 48.0 Å². The number of benzene rings is 2. The molecule has 158 valence electrons. The number of ether oxygens (including phenoxy) is 2. The van der Waals surface area contributed by atoms with Gasteiger partial charge in [0.25, 0.3) is 0 Å². The molecule has 8 heteroatoms. The fourth-order valence-corrected chi connectivity index (χ4v) is 3.23. The number of nitrogens with zero attached hydrogens (tertiary/aromatic N) is 3. The van der Waals surface area contributed by atoms with Crippen molar-refractivity contribution in [2.75, 3.05) is 32.7 Å². The van der Waals surface area contributed by atoms with Crippen LogP contribution in [0.5, 0.6) is 5.75 Å². The molecule has 0 saturated carbocycles. The molecule has 2 aromatic heterocycles. The molecule has 4 aromatic rings. The Morgan fingerprint density at radius 3 is 2.61 bits per heavy atom. The smallest absolute Gasteiger partial charge is 0.163 e. The maximum atomic E-state index is 14.5. The number of methoxy groups -OCH3 is 1. The van der Waals surface area contributed by atoms with E-state index < -0.39 is 11.6 Å². The summed E-state index contributed by atoms with van der Waals surface area (Å²) in [6.07, 6.45) is 3.34. The number of nitrogens with one attached hydrogen (secondary N) is 1. The molecule has 0 radical (unpaired) electrons. The molecular formula is C23H20F2N4O2. The van der Waals surface area contributed by atoms with Crippen LogP contribution in [0.3, 0.4) is 0 Å². The van der Waals surface area contributed by atoms with E-state index >= 15 is 0 Å². The Balaban J connectivity index is 1.95. The van der Waals surface area contributed by atoms with Crippen LogP contribution < -0.4 is 10.1 Å².